The fourth-order valence-corrected chi connectivity index (χ4v) is 4.97. The number of hydrogen-bond donors (Lipinski definition) is 1. The standard InChI is InChI=1S/C20H20F3N7O2/c1-11-7-14-10-19(9-11,17-28-27-12(2)32-17)29(14)18(31)26-13-3-4-15(20(21,22)23)16(8-13)30-24-5-6-25-30/h3-6,8,11,14H,7,9-10H2,1-2H3,(H,26,31)/t11-,14+,19-/m0/s1. The van der Waals surface area contributed by atoms with Crippen molar-refractivity contribution >= 4 is 11.7 Å². The van der Waals surface area contributed by atoms with E-state index in [2.05, 4.69) is 32.6 Å². The van der Waals surface area contributed by atoms with Gasteiger partial charge in [0.05, 0.1) is 23.6 Å². The van der Waals surface area contributed by atoms with Gasteiger partial charge in [-0.25, -0.2) is 4.79 Å². The molecule has 1 N–H and O–H groups in total. The molecule has 3 heterocycles. The highest BCUT2D eigenvalue weighted by atomic mass is 19.4. The highest BCUT2D eigenvalue weighted by Gasteiger charge is 2.62. The molecule has 2 bridgehead atoms. The quantitative estimate of drug-likeness (QED) is 0.653. The van der Waals surface area contributed by atoms with Gasteiger partial charge in [-0.3, -0.25) is 0 Å². The average molecular weight is 447 g/mol. The number of likely N-dealkylation sites (tertiary alicyclic amines) is 1. The number of anilines is 1. The van der Waals surface area contributed by atoms with Crippen molar-refractivity contribution in [3.8, 4) is 5.69 Å². The Morgan fingerprint density at radius 1 is 1.22 bits per heavy atom. The third-order valence-electron chi connectivity index (χ3n) is 6.09. The number of aromatic nitrogens is 5. The Bertz CT molecular complexity index is 1160. The van der Waals surface area contributed by atoms with Crippen LogP contribution in [0.1, 0.15) is 43.5 Å². The Morgan fingerprint density at radius 3 is 2.62 bits per heavy atom. The minimum absolute atomic E-state index is 0.00680. The number of nitrogens with one attached hydrogen (secondary N) is 1. The molecule has 3 aromatic rings. The minimum atomic E-state index is -4.60. The van der Waals surface area contributed by atoms with E-state index < -0.39 is 23.3 Å². The Hall–Kier alpha value is -3.44. The van der Waals surface area contributed by atoms with E-state index in [-0.39, 0.29) is 17.4 Å². The first kappa shape index (κ1) is 20.5. The van der Waals surface area contributed by atoms with Crippen molar-refractivity contribution < 1.29 is 22.4 Å². The van der Waals surface area contributed by atoms with Gasteiger partial charge in [0, 0.05) is 25.1 Å². The Balaban J connectivity index is 1.46. The summed E-state index contributed by atoms with van der Waals surface area (Å²) >= 11 is 0. The molecule has 1 aromatic carbocycles. The number of alkyl halides is 3. The maximum Gasteiger partial charge on any atom is 0.418 e. The van der Waals surface area contributed by atoms with Crippen LogP contribution >= 0.6 is 0 Å². The van der Waals surface area contributed by atoms with Gasteiger partial charge in [-0.2, -0.15) is 28.2 Å². The summed E-state index contributed by atoms with van der Waals surface area (Å²) < 4.78 is 46.1. The monoisotopic (exact) mass is 447 g/mol. The summed E-state index contributed by atoms with van der Waals surface area (Å²) in [6, 6.07) is 2.90. The van der Waals surface area contributed by atoms with Gasteiger partial charge in [0.2, 0.25) is 11.8 Å². The summed E-state index contributed by atoms with van der Waals surface area (Å²) in [6.07, 6.45) is 0.178. The predicted molar refractivity (Wildman–Crippen MR) is 105 cm³/mol. The molecular formula is C20H20F3N7O2. The van der Waals surface area contributed by atoms with Crippen LogP contribution in [-0.4, -0.2) is 42.2 Å². The molecule has 1 saturated heterocycles. The second-order valence-corrected chi connectivity index (χ2v) is 8.41. The lowest BCUT2D eigenvalue weighted by Gasteiger charge is -2.61. The number of halogens is 3. The number of nitrogens with zero attached hydrogens (tertiary/aromatic N) is 6. The van der Waals surface area contributed by atoms with Gasteiger partial charge in [0.25, 0.3) is 0 Å². The van der Waals surface area contributed by atoms with Gasteiger partial charge < -0.3 is 14.6 Å². The van der Waals surface area contributed by atoms with Crippen molar-refractivity contribution in [3.63, 3.8) is 0 Å². The maximum absolute atomic E-state index is 13.5. The fraction of sp³-hybridized carbons (Fsp3) is 0.450. The molecule has 168 valence electrons. The molecular weight excluding hydrogens is 427 g/mol. The molecule has 9 nitrogen and oxygen atoms in total. The van der Waals surface area contributed by atoms with Crippen LogP contribution in [0.4, 0.5) is 23.7 Å². The van der Waals surface area contributed by atoms with E-state index in [1.165, 1.54) is 24.5 Å². The number of fused-ring (bicyclic) bond motifs is 2. The fourth-order valence-electron chi connectivity index (χ4n) is 4.97. The predicted octanol–water partition coefficient (Wildman–Crippen LogP) is 3.91. The lowest BCUT2D eigenvalue weighted by molar-refractivity contribution is -0.137. The summed E-state index contributed by atoms with van der Waals surface area (Å²) in [4.78, 5) is 15.8. The van der Waals surface area contributed by atoms with Crippen molar-refractivity contribution in [2.75, 3.05) is 5.32 Å². The van der Waals surface area contributed by atoms with Crippen molar-refractivity contribution in [3.05, 3.63) is 47.9 Å². The highest BCUT2D eigenvalue weighted by molar-refractivity contribution is 5.91. The largest absolute Gasteiger partial charge is 0.423 e. The molecule has 3 atom stereocenters. The van der Waals surface area contributed by atoms with Crippen LogP contribution in [0.5, 0.6) is 0 Å². The molecule has 1 saturated carbocycles. The number of carbonyl (C=O) groups excluding carboxylic acids is 1. The van der Waals surface area contributed by atoms with Crippen molar-refractivity contribution in [2.45, 2.75) is 50.9 Å². The molecule has 12 heteroatoms. The molecule has 2 aliphatic rings. The lowest BCUT2D eigenvalue weighted by atomic mass is 9.64. The summed E-state index contributed by atoms with van der Waals surface area (Å²) in [7, 11) is 0. The normalized spacial score (nSPS) is 24.8. The molecule has 1 aliphatic carbocycles. The zero-order valence-electron chi connectivity index (χ0n) is 17.3. The zero-order valence-corrected chi connectivity index (χ0v) is 17.3. The molecule has 1 aliphatic heterocycles. The van der Waals surface area contributed by atoms with Crippen LogP contribution in [0.25, 0.3) is 5.69 Å². The summed E-state index contributed by atoms with van der Waals surface area (Å²) in [5.41, 5.74) is -1.68. The lowest BCUT2D eigenvalue weighted by Crippen LogP contribution is -2.70. The van der Waals surface area contributed by atoms with E-state index in [4.69, 9.17) is 4.42 Å². The number of urea groups is 1. The number of aryl methyl sites for hydroxylation is 1. The van der Waals surface area contributed by atoms with Gasteiger partial charge in [-0.1, -0.05) is 6.92 Å². The molecule has 0 spiro atoms. The molecule has 2 aromatic heterocycles. The van der Waals surface area contributed by atoms with Crippen LogP contribution < -0.4 is 5.32 Å². The first-order valence-electron chi connectivity index (χ1n) is 10.2. The second-order valence-electron chi connectivity index (χ2n) is 8.41. The number of hydrogen-bond acceptors (Lipinski definition) is 6. The van der Waals surface area contributed by atoms with Crippen LogP contribution in [0.2, 0.25) is 0 Å². The minimum Gasteiger partial charge on any atom is -0.423 e. The van der Waals surface area contributed by atoms with Gasteiger partial charge >= 0.3 is 12.2 Å². The van der Waals surface area contributed by atoms with Gasteiger partial charge in [0.15, 0.2) is 0 Å². The Labute approximate surface area is 180 Å². The maximum atomic E-state index is 13.5. The van der Waals surface area contributed by atoms with Crippen LogP contribution in [0.3, 0.4) is 0 Å². The van der Waals surface area contributed by atoms with E-state index in [0.717, 1.165) is 17.3 Å². The molecule has 32 heavy (non-hydrogen) atoms. The Kier molecular flexibility index (Phi) is 4.50. The summed E-state index contributed by atoms with van der Waals surface area (Å²) in [5, 5.41) is 18.4. The topological polar surface area (TPSA) is 102 Å². The van der Waals surface area contributed by atoms with Gasteiger partial charge in [0.1, 0.15) is 5.54 Å². The zero-order chi connectivity index (χ0) is 22.7. The number of carbonyl (C=O) groups is 1. The molecule has 0 radical (unpaired) electrons. The van der Waals surface area contributed by atoms with Gasteiger partial charge in [-0.05, 0) is 37.0 Å². The van der Waals surface area contributed by atoms with E-state index in [1.807, 2.05) is 0 Å². The molecule has 2 amide bonds. The Morgan fingerprint density at radius 2 is 1.97 bits per heavy atom. The van der Waals surface area contributed by atoms with Crippen LogP contribution in [-0.2, 0) is 11.7 Å². The van der Waals surface area contributed by atoms with Crippen molar-refractivity contribution in [1.82, 2.24) is 30.1 Å². The first-order valence-corrected chi connectivity index (χ1v) is 10.2. The molecule has 2 fully saturated rings. The van der Waals surface area contributed by atoms with Crippen LogP contribution in [0.15, 0.2) is 35.0 Å². The van der Waals surface area contributed by atoms with Crippen molar-refractivity contribution in [1.29, 1.82) is 0 Å². The SMILES string of the molecule is Cc1nnc([C@]23C[C@@H](C)C[C@H](C2)N3C(=O)Nc2ccc(C(F)(F)F)c(-n3nccn3)c2)o1. The summed E-state index contributed by atoms with van der Waals surface area (Å²) in [5.74, 6) is 1.17. The second kappa shape index (κ2) is 7.04. The van der Waals surface area contributed by atoms with E-state index in [0.29, 0.717) is 30.5 Å². The third-order valence-corrected chi connectivity index (χ3v) is 6.09. The third kappa shape index (κ3) is 3.21. The van der Waals surface area contributed by atoms with Gasteiger partial charge in [-0.15, -0.1) is 10.2 Å². The first-order chi connectivity index (χ1) is 15.2. The van der Waals surface area contributed by atoms with E-state index >= 15 is 0 Å². The molecule has 0 unspecified atom stereocenters. The number of piperidine rings is 1. The number of amides is 2. The highest BCUT2D eigenvalue weighted by Crippen LogP contribution is 2.55. The summed E-state index contributed by atoms with van der Waals surface area (Å²) in [6.45, 7) is 3.80. The van der Waals surface area contributed by atoms with Crippen LogP contribution in [0, 0.1) is 12.8 Å². The average Bonchev–Trinajstić information content (AvgIpc) is 3.38. The van der Waals surface area contributed by atoms with E-state index in [9.17, 15) is 18.0 Å². The molecule has 5 rings (SSSR count). The van der Waals surface area contributed by atoms with Crippen molar-refractivity contribution in [2.24, 2.45) is 5.92 Å². The number of rotatable bonds is 3. The smallest absolute Gasteiger partial charge is 0.418 e. The number of benzene rings is 1. The van der Waals surface area contributed by atoms with E-state index in [1.54, 1.807) is 11.8 Å².